The lowest BCUT2D eigenvalue weighted by Crippen LogP contribution is -2.29. The molecule has 1 fully saturated rings. The van der Waals surface area contributed by atoms with Gasteiger partial charge in [-0.3, -0.25) is 14.2 Å². The van der Waals surface area contributed by atoms with E-state index < -0.39 is 0 Å². The first-order chi connectivity index (χ1) is 16.7. The second-order valence-corrected chi connectivity index (χ2v) is 9.15. The third-order valence-corrected chi connectivity index (χ3v) is 6.83. The van der Waals surface area contributed by atoms with E-state index in [4.69, 9.17) is 9.72 Å². The molecule has 4 aromatic rings. The molecule has 0 bridgehead atoms. The van der Waals surface area contributed by atoms with Crippen LogP contribution < -0.4 is 10.9 Å². The zero-order valence-electron chi connectivity index (χ0n) is 18.6. The van der Waals surface area contributed by atoms with Crippen molar-refractivity contribution >= 4 is 34.3 Å². The van der Waals surface area contributed by atoms with Gasteiger partial charge < -0.3 is 10.1 Å². The first kappa shape index (κ1) is 22.4. The van der Waals surface area contributed by atoms with Crippen molar-refractivity contribution in [2.75, 3.05) is 17.7 Å². The first-order valence-corrected chi connectivity index (χ1v) is 12.4. The van der Waals surface area contributed by atoms with Crippen LogP contribution in [0.3, 0.4) is 0 Å². The summed E-state index contributed by atoms with van der Waals surface area (Å²) in [5.74, 6) is -0.0150. The van der Waals surface area contributed by atoms with Gasteiger partial charge in [0, 0.05) is 17.9 Å². The molecule has 0 unspecified atom stereocenters. The summed E-state index contributed by atoms with van der Waals surface area (Å²) in [6.45, 7) is 1.16. The van der Waals surface area contributed by atoms with Crippen molar-refractivity contribution in [1.82, 2.24) is 9.55 Å². The summed E-state index contributed by atoms with van der Waals surface area (Å²) in [6.07, 6.45) is 1.90. The van der Waals surface area contributed by atoms with Gasteiger partial charge in [0.1, 0.15) is 0 Å². The van der Waals surface area contributed by atoms with Gasteiger partial charge in [-0.05, 0) is 36.6 Å². The van der Waals surface area contributed by atoms with E-state index in [2.05, 4.69) is 5.32 Å². The number of amides is 1. The number of carbonyl (C=O) groups is 1. The molecule has 0 aliphatic carbocycles. The number of nitrogens with zero attached hydrogens (tertiary/aromatic N) is 2. The molecule has 1 aromatic heterocycles. The molecular formula is C27H25N3O3S. The van der Waals surface area contributed by atoms with Crippen molar-refractivity contribution in [2.24, 2.45) is 0 Å². The molecule has 34 heavy (non-hydrogen) atoms. The summed E-state index contributed by atoms with van der Waals surface area (Å²) < 4.78 is 7.42. The lowest BCUT2D eigenvalue weighted by atomic mass is 10.0. The van der Waals surface area contributed by atoms with Gasteiger partial charge in [0.25, 0.3) is 5.56 Å². The Bertz CT molecular complexity index is 1360. The highest BCUT2D eigenvalue weighted by atomic mass is 32.2. The Kier molecular flexibility index (Phi) is 6.74. The van der Waals surface area contributed by atoms with Crippen LogP contribution in [0, 0.1) is 0 Å². The molecule has 1 atom stereocenters. The fourth-order valence-electron chi connectivity index (χ4n) is 4.19. The lowest BCUT2D eigenvalue weighted by molar-refractivity contribution is -0.113. The molecule has 1 aliphatic rings. The number of thioether (sulfide) groups is 1. The maximum absolute atomic E-state index is 13.2. The van der Waals surface area contributed by atoms with Crippen molar-refractivity contribution in [3.05, 3.63) is 89.2 Å². The van der Waals surface area contributed by atoms with Crippen LogP contribution in [-0.4, -0.2) is 33.9 Å². The Hall–Kier alpha value is -3.42. The molecule has 2 heterocycles. The minimum Gasteiger partial charge on any atom is -0.376 e. The first-order valence-electron chi connectivity index (χ1n) is 11.4. The van der Waals surface area contributed by atoms with E-state index in [1.807, 2.05) is 72.8 Å². The minimum atomic E-state index is -0.153. The van der Waals surface area contributed by atoms with Gasteiger partial charge in [0.15, 0.2) is 5.16 Å². The molecule has 1 saturated heterocycles. The monoisotopic (exact) mass is 471 g/mol. The summed E-state index contributed by atoms with van der Waals surface area (Å²) in [5.41, 5.74) is 3.28. The van der Waals surface area contributed by atoms with Crippen LogP contribution in [0.4, 0.5) is 5.69 Å². The average molecular weight is 472 g/mol. The van der Waals surface area contributed by atoms with Crippen LogP contribution >= 0.6 is 11.8 Å². The lowest BCUT2D eigenvalue weighted by Gasteiger charge is -2.16. The number of aromatic nitrogens is 2. The summed E-state index contributed by atoms with van der Waals surface area (Å²) in [5, 5.41) is 4.13. The maximum Gasteiger partial charge on any atom is 0.262 e. The minimum absolute atomic E-state index is 0.00779. The van der Waals surface area contributed by atoms with Crippen molar-refractivity contribution in [3.8, 4) is 11.1 Å². The molecule has 1 amide bonds. The Balaban J connectivity index is 1.37. The Morgan fingerprint density at radius 2 is 1.79 bits per heavy atom. The van der Waals surface area contributed by atoms with Gasteiger partial charge in [0.2, 0.25) is 5.91 Å². The van der Waals surface area contributed by atoms with E-state index in [1.165, 1.54) is 11.8 Å². The Morgan fingerprint density at radius 1 is 1.03 bits per heavy atom. The third kappa shape index (κ3) is 4.90. The molecule has 0 saturated carbocycles. The van der Waals surface area contributed by atoms with Crippen molar-refractivity contribution in [1.29, 1.82) is 0 Å². The zero-order valence-corrected chi connectivity index (χ0v) is 19.5. The van der Waals surface area contributed by atoms with E-state index in [0.29, 0.717) is 29.2 Å². The van der Waals surface area contributed by atoms with E-state index in [1.54, 1.807) is 10.6 Å². The standard InChI is InChI=1S/C27H25N3O3S/c31-25(28-23-14-6-4-12-21(23)19-9-2-1-3-10-19)18-34-27-29-24-15-7-5-13-22(24)26(32)30(27)17-20-11-8-16-33-20/h1-7,9-10,12-15,20H,8,11,16-18H2,(H,28,31)/t20-/m1/s1. The summed E-state index contributed by atoms with van der Waals surface area (Å²) >= 11 is 1.27. The van der Waals surface area contributed by atoms with Gasteiger partial charge in [-0.2, -0.15) is 0 Å². The maximum atomic E-state index is 13.2. The summed E-state index contributed by atoms with van der Waals surface area (Å²) in [7, 11) is 0. The van der Waals surface area contributed by atoms with Gasteiger partial charge >= 0.3 is 0 Å². The number of hydrogen-bond acceptors (Lipinski definition) is 5. The van der Waals surface area contributed by atoms with Gasteiger partial charge in [0.05, 0.1) is 29.3 Å². The van der Waals surface area contributed by atoms with Crippen LogP contribution in [-0.2, 0) is 16.1 Å². The fraction of sp³-hybridized carbons (Fsp3) is 0.222. The van der Waals surface area contributed by atoms with Crippen LogP contribution in [0.25, 0.3) is 22.0 Å². The molecule has 6 nitrogen and oxygen atoms in total. The Labute approximate surface area is 202 Å². The molecule has 5 rings (SSSR count). The quantitative estimate of drug-likeness (QED) is 0.304. The summed E-state index contributed by atoms with van der Waals surface area (Å²) in [6, 6.07) is 25.0. The highest BCUT2D eigenvalue weighted by Gasteiger charge is 2.21. The SMILES string of the molecule is O=C(CSc1nc2ccccc2c(=O)n1C[C@H]1CCCO1)Nc1ccccc1-c1ccccc1. The molecule has 3 aromatic carbocycles. The number of hydrogen-bond donors (Lipinski definition) is 1. The second kappa shape index (κ2) is 10.2. The molecule has 7 heteroatoms. The van der Waals surface area contributed by atoms with E-state index in [9.17, 15) is 9.59 Å². The number of para-hydroxylation sites is 2. The summed E-state index contributed by atoms with van der Waals surface area (Å²) in [4.78, 5) is 30.8. The predicted octanol–water partition coefficient (Wildman–Crippen LogP) is 4.97. The fourth-order valence-corrected chi connectivity index (χ4v) is 5.00. The molecular weight excluding hydrogens is 446 g/mol. The number of benzene rings is 3. The number of nitrogens with one attached hydrogen (secondary N) is 1. The zero-order chi connectivity index (χ0) is 23.3. The Morgan fingerprint density at radius 3 is 2.62 bits per heavy atom. The number of rotatable bonds is 7. The van der Waals surface area contributed by atoms with E-state index in [0.717, 1.165) is 29.7 Å². The van der Waals surface area contributed by atoms with Crippen LogP contribution in [0.15, 0.2) is 88.8 Å². The van der Waals surface area contributed by atoms with E-state index >= 15 is 0 Å². The largest absolute Gasteiger partial charge is 0.376 e. The highest BCUT2D eigenvalue weighted by molar-refractivity contribution is 7.99. The average Bonchev–Trinajstić information content (AvgIpc) is 3.39. The normalized spacial score (nSPS) is 15.5. The number of anilines is 1. The van der Waals surface area contributed by atoms with Crippen LogP contribution in [0.1, 0.15) is 12.8 Å². The van der Waals surface area contributed by atoms with Crippen LogP contribution in [0.5, 0.6) is 0 Å². The topological polar surface area (TPSA) is 73.2 Å². The van der Waals surface area contributed by atoms with Crippen molar-refractivity contribution in [3.63, 3.8) is 0 Å². The smallest absolute Gasteiger partial charge is 0.262 e. The molecule has 1 N–H and O–H groups in total. The number of fused-ring (bicyclic) bond motifs is 1. The molecule has 0 radical (unpaired) electrons. The van der Waals surface area contributed by atoms with Crippen molar-refractivity contribution in [2.45, 2.75) is 30.6 Å². The number of carbonyl (C=O) groups excluding carboxylic acids is 1. The highest BCUT2D eigenvalue weighted by Crippen LogP contribution is 2.28. The van der Waals surface area contributed by atoms with Crippen molar-refractivity contribution < 1.29 is 9.53 Å². The number of ether oxygens (including phenoxy) is 1. The van der Waals surface area contributed by atoms with Gasteiger partial charge in [-0.25, -0.2) is 4.98 Å². The molecule has 172 valence electrons. The molecule has 1 aliphatic heterocycles. The second-order valence-electron chi connectivity index (χ2n) is 8.21. The van der Waals surface area contributed by atoms with E-state index in [-0.39, 0.29) is 23.3 Å². The van der Waals surface area contributed by atoms with Gasteiger partial charge in [-0.1, -0.05) is 72.4 Å². The predicted molar refractivity (Wildman–Crippen MR) is 136 cm³/mol. The third-order valence-electron chi connectivity index (χ3n) is 5.86. The molecule has 0 spiro atoms. The van der Waals surface area contributed by atoms with Gasteiger partial charge in [-0.15, -0.1) is 0 Å². The van der Waals surface area contributed by atoms with Crippen LogP contribution in [0.2, 0.25) is 0 Å².